The summed E-state index contributed by atoms with van der Waals surface area (Å²) >= 11 is 6.24. The van der Waals surface area contributed by atoms with Crippen LogP contribution in [0.1, 0.15) is 93.0 Å². The molecule has 4 aliphatic rings. The molecule has 3 fully saturated rings. The third kappa shape index (κ3) is 8.54. The summed E-state index contributed by atoms with van der Waals surface area (Å²) in [5.74, 6) is 0.874. The van der Waals surface area contributed by atoms with Crippen LogP contribution in [0.15, 0.2) is 54.7 Å². The van der Waals surface area contributed by atoms with Crippen LogP contribution in [-0.4, -0.2) is 102 Å². The fourth-order valence-electron chi connectivity index (χ4n) is 9.45. The standard InChI is InChI=1S/C44H53ClN8O6/c1-27-48-37-31(40(57)53(27)33-15-17-36(54)49-39(33)56)10-9-11-34(37)58-23-8-6-7-18-51-19-21-52(22-20-51)35-16-13-29(26-47-35)38(55)50-41-43(2,3)42(44(41,4)5)59-30-14-12-28(25-46)32(45)24-30/h9-14,16,24,26-27,33,41-42,48H,6-8,15,17-23H2,1-5H3,(H,50,55)(H,49,54,56)/t27?,33?,41-,42-. The van der Waals surface area contributed by atoms with Crippen LogP contribution in [0.25, 0.3) is 0 Å². The molecular weight excluding hydrogens is 772 g/mol. The molecule has 3 N–H and O–H groups in total. The summed E-state index contributed by atoms with van der Waals surface area (Å²) in [6.07, 6.45) is 4.44. The predicted molar refractivity (Wildman–Crippen MR) is 224 cm³/mol. The Kier molecular flexibility index (Phi) is 12.1. The number of unbranched alkanes of at least 4 members (excludes halogenated alkanes) is 2. The van der Waals surface area contributed by atoms with E-state index in [9.17, 15) is 24.4 Å². The van der Waals surface area contributed by atoms with Gasteiger partial charge in [0.2, 0.25) is 11.8 Å². The first-order valence-electron chi connectivity index (χ1n) is 20.5. The second-order valence-electron chi connectivity index (χ2n) is 17.1. The van der Waals surface area contributed by atoms with Crippen molar-refractivity contribution >= 4 is 46.7 Å². The molecule has 3 aliphatic heterocycles. The van der Waals surface area contributed by atoms with E-state index in [1.165, 1.54) is 4.90 Å². The van der Waals surface area contributed by atoms with Gasteiger partial charge in [-0.15, -0.1) is 0 Å². The summed E-state index contributed by atoms with van der Waals surface area (Å²) in [6.45, 7) is 15.2. The number of ether oxygens (including phenoxy) is 2. The number of para-hydroxylation sites is 1. The number of anilines is 2. The molecule has 4 heterocycles. The van der Waals surface area contributed by atoms with E-state index >= 15 is 0 Å². The number of benzene rings is 2. The highest BCUT2D eigenvalue weighted by Crippen LogP contribution is 2.55. The number of rotatable bonds is 13. The van der Waals surface area contributed by atoms with E-state index in [1.54, 1.807) is 36.5 Å². The number of hydrogen-bond acceptors (Lipinski definition) is 11. The second-order valence-corrected chi connectivity index (χ2v) is 17.5. The zero-order valence-electron chi connectivity index (χ0n) is 34.3. The van der Waals surface area contributed by atoms with E-state index < -0.39 is 18.1 Å². The maximum atomic E-state index is 13.5. The van der Waals surface area contributed by atoms with E-state index in [-0.39, 0.29) is 47.1 Å². The van der Waals surface area contributed by atoms with Gasteiger partial charge in [0.05, 0.1) is 40.2 Å². The molecule has 1 aliphatic carbocycles. The fraction of sp³-hybridized carbons (Fsp3) is 0.500. The van der Waals surface area contributed by atoms with Gasteiger partial charge in [-0.25, -0.2) is 4.98 Å². The van der Waals surface area contributed by atoms with Crippen LogP contribution in [0.3, 0.4) is 0 Å². The Hall–Kier alpha value is -5.39. The summed E-state index contributed by atoms with van der Waals surface area (Å²) < 4.78 is 12.5. The van der Waals surface area contributed by atoms with E-state index in [1.807, 2.05) is 25.1 Å². The van der Waals surface area contributed by atoms with Gasteiger partial charge in [0.15, 0.2) is 0 Å². The summed E-state index contributed by atoms with van der Waals surface area (Å²) in [4.78, 5) is 62.0. The number of nitrogens with zero attached hydrogens (tertiary/aromatic N) is 5. The van der Waals surface area contributed by atoms with Crippen molar-refractivity contribution in [1.29, 1.82) is 5.26 Å². The number of imide groups is 1. The van der Waals surface area contributed by atoms with Gasteiger partial charge in [-0.2, -0.15) is 5.26 Å². The molecule has 7 rings (SSSR count). The van der Waals surface area contributed by atoms with Crippen molar-refractivity contribution in [3.8, 4) is 17.6 Å². The number of nitrogens with one attached hydrogen (secondary N) is 3. The van der Waals surface area contributed by atoms with Gasteiger partial charge < -0.3 is 29.9 Å². The topological polar surface area (TPSA) is 169 Å². The Morgan fingerprint density at radius 3 is 2.46 bits per heavy atom. The van der Waals surface area contributed by atoms with Crippen molar-refractivity contribution in [2.45, 2.75) is 91.1 Å². The molecule has 2 aromatic carbocycles. The number of pyridine rings is 1. The highest BCUT2D eigenvalue weighted by atomic mass is 35.5. The minimum atomic E-state index is -0.702. The van der Waals surface area contributed by atoms with Gasteiger partial charge in [-0.1, -0.05) is 45.4 Å². The lowest BCUT2D eigenvalue weighted by atomic mass is 9.49. The largest absolute Gasteiger partial charge is 0.491 e. The van der Waals surface area contributed by atoms with E-state index in [0.717, 1.165) is 57.8 Å². The lowest BCUT2D eigenvalue weighted by Crippen LogP contribution is -2.74. The number of piperazine rings is 1. The van der Waals surface area contributed by atoms with Crippen molar-refractivity contribution in [3.05, 3.63) is 76.4 Å². The quantitative estimate of drug-likeness (QED) is 0.145. The van der Waals surface area contributed by atoms with Gasteiger partial charge in [-0.05, 0) is 75.5 Å². The molecule has 4 amide bonds. The van der Waals surface area contributed by atoms with Crippen molar-refractivity contribution in [1.82, 2.24) is 25.4 Å². The third-order valence-electron chi connectivity index (χ3n) is 12.3. The number of aromatic nitrogens is 1. The normalized spacial score (nSPS) is 23.6. The fourth-order valence-corrected chi connectivity index (χ4v) is 9.66. The van der Waals surface area contributed by atoms with E-state index in [2.05, 4.69) is 64.5 Å². The van der Waals surface area contributed by atoms with Crippen molar-refractivity contribution in [2.24, 2.45) is 10.8 Å². The Morgan fingerprint density at radius 2 is 1.78 bits per heavy atom. The molecule has 312 valence electrons. The molecule has 2 unspecified atom stereocenters. The zero-order chi connectivity index (χ0) is 42.1. The average Bonchev–Trinajstić information content (AvgIpc) is 3.21. The van der Waals surface area contributed by atoms with Crippen LogP contribution in [0.5, 0.6) is 11.5 Å². The van der Waals surface area contributed by atoms with Crippen LogP contribution in [-0.2, 0) is 9.59 Å². The molecule has 0 bridgehead atoms. The summed E-state index contributed by atoms with van der Waals surface area (Å²) in [5.41, 5.74) is 1.26. The molecule has 2 saturated heterocycles. The maximum absolute atomic E-state index is 13.5. The average molecular weight is 825 g/mol. The van der Waals surface area contributed by atoms with Gasteiger partial charge in [0, 0.05) is 61.7 Å². The van der Waals surface area contributed by atoms with Crippen molar-refractivity contribution < 1.29 is 28.7 Å². The maximum Gasteiger partial charge on any atom is 0.258 e. The molecule has 2 atom stereocenters. The summed E-state index contributed by atoms with van der Waals surface area (Å²) in [6, 6.07) is 15.4. The van der Waals surface area contributed by atoms with Gasteiger partial charge >= 0.3 is 0 Å². The predicted octanol–water partition coefficient (Wildman–Crippen LogP) is 5.61. The molecule has 0 radical (unpaired) electrons. The number of fused-ring (bicyclic) bond motifs is 1. The van der Waals surface area contributed by atoms with Crippen molar-refractivity contribution in [2.75, 3.05) is 49.5 Å². The number of amides is 4. The van der Waals surface area contributed by atoms with Crippen LogP contribution in [0, 0.1) is 22.2 Å². The molecular formula is C44H53ClN8O6. The highest BCUT2D eigenvalue weighted by molar-refractivity contribution is 6.31. The van der Waals surface area contributed by atoms with Crippen LogP contribution in [0.2, 0.25) is 5.02 Å². The summed E-state index contributed by atoms with van der Waals surface area (Å²) in [7, 11) is 0. The lowest BCUT2D eigenvalue weighted by molar-refractivity contribution is -0.164. The number of carbonyl (C=O) groups is 4. The smallest absolute Gasteiger partial charge is 0.258 e. The minimum absolute atomic E-state index is 0.147. The van der Waals surface area contributed by atoms with Crippen LogP contribution in [0.4, 0.5) is 11.5 Å². The first-order valence-corrected chi connectivity index (χ1v) is 20.9. The number of carbonyl (C=O) groups excluding carboxylic acids is 4. The third-order valence-corrected chi connectivity index (χ3v) is 12.6. The lowest BCUT2D eigenvalue weighted by Gasteiger charge is -2.63. The Bertz CT molecular complexity index is 2110. The molecule has 1 saturated carbocycles. The Morgan fingerprint density at radius 1 is 1.02 bits per heavy atom. The first kappa shape index (κ1) is 41.8. The number of piperidine rings is 1. The highest BCUT2D eigenvalue weighted by Gasteiger charge is 2.64. The Balaban J connectivity index is 0.817. The second kappa shape index (κ2) is 17.1. The molecule has 3 aromatic rings. The zero-order valence-corrected chi connectivity index (χ0v) is 35.1. The summed E-state index contributed by atoms with van der Waals surface area (Å²) in [5, 5.41) is 18.5. The SMILES string of the molecule is CC1Nc2c(OCCCCCN3CCN(c4ccc(C(=O)N[C@H]5C(C)(C)[C@H](Oc6ccc(C#N)c(Cl)c6)C5(C)C)cn4)CC3)cccc2C(=O)N1C1CCC(=O)NC1=O. The number of nitriles is 1. The number of hydrogen-bond donors (Lipinski definition) is 3. The molecule has 15 heteroatoms. The molecule has 0 spiro atoms. The van der Waals surface area contributed by atoms with Crippen LogP contribution >= 0.6 is 11.6 Å². The Labute approximate surface area is 350 Å². The van der Waals surface area contributed by atoms with Gasteiger partial charge in [0.1, 0.15) is 35.5 Å². The number of halogens is 1. The van der Waals surface area contributed by atoms with E-state index in [0.29, 0.717) is 51.9 Å². The van der Waals surface area contributed by atoms with E-state index in [4.69, 9.17) is 21.1 Å². The molecule has 14 nitrogen and oxygen atoms in total. The van der Waals surface area contributed by atoms with Crippen molar-refractivity contribution in [3.63, 3.8) is 0 Å². The van der Waals surface area contributed by atoms with Crippen LogP contribution < -0.4 is 30.3 Å². The minimum Gasteiger partial charge on any atom is -0.491 e. The first-order chi connectivity index (χ1) is 28.2. The molecule has 59 heavy (non-hydrogen) atoms. The molecule has 1 aromatic heterocycles. The monoisotopic (exact) mass is 824 g/mol. The van der Waals surface area contributed by atoms with Gasteiger partial charge in [0.25, 0.3) is 11.8 Å². The van der Waals surface area contributed by atoms with Gasteiger partial charge in [-0.3, -0.25) is 29.4 Å².